The van der Waals surface area contributed by atoms with E-state index >= 15 is 0 Å². The van der Waals surface area contributed by atoms with Gasteiger partial charge in [0, 0.05) is 18.3 Å². The molecule has 0 bridgehead atoms. The normalized spacial score (nSPS) is 10.9. The minimum atomic E-state index is -0.454. The molecular weight excluding hydrogens is 382 g/mol. The summed E-state index contributed by atoms with van der Waals surface area (Å²) in [6, 6.07) is 23.5. The molecule has 3 rings (SSSR count). The van der Waals surface area contributed by atoms with Crippen molar-refractivity contribution in [1.82, 2.24) is 5.43 Å². The number of amides is 1. The lowest BCUT2D eigenvalue weighted by atomic mass is 10.1. The third kappa shape index (κ3) is 6.13. The molecule has 1 amide bonds. The molecule has 0 radical (unpaired) electrons. The van der Waals surface area contributed by atoms with Crippen molar-refractivity contribution in [3.05, 3.63) is 101 Å². The Morgan fingerprint density at radius 2 is 1.63 bits per heavy atom. The van der Waals surface area contributed by atoms with Crippen molar-refractivity contribution >= 4 is 23.9 Å². The van der Waals surface area contributed by atoms with E-state index in [9.17, 15) is 14.9 Å². The summed E-state index contributed by atoms with van der Waals surface area (Å²) in [4.78, 5) is 22.0. The molecule has 150 valence electrons. The SMILES string of the molecule is O=C(COc1ccc(-c2ccccc2)cc1)NN=CC=Cc1ccc([N+](=O)[O-])cc1. The van der Waals surface area contributed by atoms with Gasteiger partial charge in [-0.25, -0.2) is 5.43 Å². The molecule has 3 aromatic rings. The van der Waals surface area contributed by atoms with Crippen molar-refractivity contribution in [2.75, 3.05) is 6.61 Å². The van der Waals surface area contributed by atoms with Gasteiger partial charge >= 0.3 is 0 Å². The van der Waals surface area contributed by atoms with Crippen LogP contribution in [-0.4, -0.2) is 23.7 Å². The Labute approximate surface area is 173 Å². The van der Waals surface area contributed by atoms with E-state index in [1.165, 1.54) is 18.3 Å². The van der Waals surface area contributed by atoms with Crippen molar-refractivity contribution in [3.63, 3.8) is 0 Å². The Hall–Kier alpha value is -4.26. The molecule has 0 aliphatic heterocycles. The molecule has 0 heterocycles. The smallest absolute Gasteiger partial charge is 0.277 e. The highest BCUT2D eigenvalue weighted by molar-refractivity contribution is 5.82. The summed E-state index contributed by atoms with van der Waals surface area (Å²) in [5.74, 6) is 0.203. The third-order valence-electron chi connectivity index (χ3n) is 4.07. The number of nitro benzene ring substituents is 1. The topological polar surface area (TPSA) is 93.8 Å². The first-order valence-corrected chi connectivity index (χ1v) is 9.13. The van der Waals surface area contributed by atoms with Crippen LogP contribution < -0.4 is 10.2 Å². The van der Waals surface area contributed by atoms with Crippen LogP contribution in [0.4, 0.5) is 5.69 Å². The molecule has 0 fully saturated rings. The van der Waals surface area contributed by atoms with Crippen molar-refractivity contribution in [2.24, 2.45) is 5.10 Å². The molecule has 7 nitrogen and oxygen atoms in total. The molecule has 0 aliphatic carbocycles. The number of non-ortho nitro benzene ring substituents is 1. The van der Waals surface area contributed by atoms with Crippen molar-refractivity contribution < 1.29 is 14.5 Å². The van der Waals surface area contributed by atoms with Gasteiger partial charge in [0.05, 0.1) is 4.92 Å². The van der Waals surface area contributed by atoms with Gasteiger partial charge in [-0.15, -0.1) is 0 Å². The molecule has 0 atom stereocenters. The number of ether oxygens (including phenoxy) is 1. The molecule has 3 aromatic carbocycles. The minimum Gasteiger partial charge on any atom is -0.484 e. The second kappa shape index (κ2) is 10.3. The lowest BCUT2D eigenvalue weighted by Gasteiger charge is -2.06. The maximum absolute atomic E-state index is 11.8. The Bertz CT molecular complexity index is 1040. The number of hydrogen-bond donors (Lipinski definition) is 1. The molecule has 0 aliphatic rings. The van der Waals surface area contributed by atoms with Crippen LogP contribution in [0.5, 0.6) is 5.75 Å². The van der Waals surface area contributed by atoms with Gasteiger partial charge in [0.25, 0.3) is 11.6 Å². The Morgan fingerprint density at radius 3 is 2.30 bits per heavy atom. The molecule has 0 unspecified atom stereocenters. The first-order valence-electron chi connectivity index (χ1n) is 9.13. The molecule has 0 saturated heterocycles. The van der Waals surface area contributed by atoms with Crippen LogP contribution in [0.25, 0.3) is 17.2 Å². The van der Waals surface area contributed by atoms with E-state index in [1.807, 2.05) is 54.6 Å². The van der Waals surface area contributed by atoms with E-state index < -0.39 is 4.92 Å². The van der Waals surface area contributed by atoms with Crippen LogP contribution in [-0.2, 0) is 4.79 Å². The third-order valence-corrected chi connectivity index (χ3v) is 4.07. The average molecular weight is 401 g/mol. The van der Waals surface area contributed by atoms with Crippen LogP contribution in [0.15, 0.2) is 90.0 Å². The molecule has 0 saturated carbocycles. The van der Waals surface area contributed by atoms with Crippen LogP contribution in [0.2, 0.25) is 0 Å². The lowest BCUT2D eigenvalue weighted by molar-refractivity contribution is -0.384. The monoisotopic (exact) mass is 401 g/mol. The van der Waals surface area contributed by atoms with Crippen LogP contribution in [0.1, 0.15) is 5.56 Å². The fourth-order valence-electron chi connectivity index (χ4n) is 2.57. The summed E-state index contributed by atoms with van der Waals surface area (Å²) in [6.07, 6.45) is 4.74. The number of nitro groups is 1. The first kappa shape index (κ1) is 20.5. The van der Waals surface area contributed by atoms with Crippen LogP contribution in [0.3, 0.4) is 0 Å². The maximum Gasteiger partial charge on any atom is 0.277 e. The zero-order chi connectivity index (χ0) is 21.2. The summed E-state index contributed by atoms with van der Waals surface area (Å²) >= 11 is 0. The molecule has 7 heteroatoms. The van der Waals surface area contributed by atoms with E-state index in [2.05, 4.69) is 10.5 Å². The van der Waals surface area contributed by atoms with Gasteiger partial charge < -0.3 is 4.74 Å². The van der Waals surface area contributed by atoms with Gasteiger partial charge in [0.15, 0.2) is 6.61 Å². The maximum atomic E-state index is 11.8. The van der Waals surface area contributed by atoms with E-state index in [1.54, 1.807) is 24.3 Å². The zero-order valence-electron chi connectivity index (χ0n) is 16.0. The van der Waals surface area contributed by atoms with Crippen LogP contribution >= 0.6 is 0 Å². The summed E-state index contributed by atoms with van der Waals surface area (Å²) in [5.41, 5.74) is 5.35. The zero-order valence-corrected chi connectivity index (χ0v) is 16.0. The Kier molecular flexibility index (Phi) is 7.05. The molecule has 1 N–H and O–H groups in total. The predicted molar refractivity (Wildman–Crippen MR) is 116 cm³/mol. The number of hydrogen-bond acceptors (Lipinski definition) is 5. The van der Waals surface area contributed by atoms with Gasteiger partial charge in [-0.05, 0) is 47.0 Å². The summed E-state index contributed by atoms with van der Waals surface area (Å²) in [7, 11) is 0. The number of nitrogens with zero attached hydrogens (tertiary/aromatic N) is 2. The number of carbonyl (C=O) groups is 1. The summed E-state index contributed by atoms with van der Waals surface area (Å²) < 4.78 is 5.46. The van der Waals surface area contributed by atoms with Gasteiger partial charge in [-0.2, -0.15) is 5.10 Å². The van der Waals surface area contributed by atoms with Crippen molar-refractivity contribution in [3.8, 4) is 16.9 Å². The minimum absolute atomic E-state index is 0.0304. The van der Waals surface area contributed by atoms with E-state index in [4.69, 9.17) is 4.74 Å². The quantitative estimate of drug-likeness (QED) is 0.343. The highest BCUT2D eigenvalue weighted by Crippen LogP contribution is 2.21. The molecule has 30 heavy (non-hydrogen) atoms. The van der Waals surface area contributed by atoms with E-state index in [0.29, 0.717) is 5.75 Å². The fraction of sp³-hybridized carbons (Fsp3) is 0.0435. The number of benzene rings is 3. The largest absolute Gasteiger partial charge is 0.484 e. The van der Waals surface area contributed by atoms with Gasteiger partial charge in [-0.3, -0.25) is 14.9 Å². The number of hydrazone groups is 1. The van der Waals surface area contributed by atoms with Crippen LogP contribution in [0, 0.1) is 10.1 Å². The fourth-order valence-corrected chi connectivity index (χ4v) is 2.57. The predicted octanol–water partition coefficient (Wildman–Crippen LogP) is 4.46. The van der Waals surface area contributed by atoms with Crippen molar-refractivity contribution in [2.45, 2.75) is 0 Å². The van der Waals surface area contributed by atoms with E-state index in [0.717, 1.165) is 16.7 Å². The lowest BCUT2D eigenvalue weighted by Crippen LogP contribution is -2.24. The Balaban J connectivity index is 1.41. The molecule has 0 spiro atoms. The number of nitrogens with one attached hydrogen (secondary N) is 1. The molecule has 0 aromatic heterocycles. The number of rotatable bonds is 8. The average Bonchev–Trinajstić information content (AvgIpc) is 2.79. The highest BCUT2D eigenvalue weighted by atomic mass is 16.6. The van der Waals surface area contributed by atoms with E-state index in [-0.39, 0.29) is 18.2 Å². The van der Waals surface area contributed by atoms with Gasteiger partial charge in [0.2, 0.25) is 0 Å². The Morgan fingerprint density at radius 1 is 0.967 bits per heavy atom. The second-order valence-electron chi connectivity index (χ2n) is 6.20. The first-order chi connectivity index (χ1) is 14.6. The number of carbonyl (C=O) groups excluding carboxylic acids is 1. The number of allylic oxidation sites excluding steroid dienone is 1. The summed E-state index contributed by atoms with van der Waals surface area (Å²) in [6.45, 7) is -0.159. The van der Waals surface area contributed by atoms with Crippen molar-refractivity contribution in [1.29, 1.82) is 0 Å². The van der Waals surface area contributed by atoms with Gasteiger partial charge in [-0.1, -0.05) is 48.5 Å². The highest BCUT2D eigenvalue weighted by Gasteiger charge is 2.03. The summed E-state index contributed by atoms with van der Waals surface area (Å²) in [5, 5.41) is 14.4. The molecular formula is C23H19N3O4. The van der Waals surface area contributed by atoms with Gasteiger partial charge in [0.1, 0.15) is 5.75 Å². The second-order valence-corrected chi connectivity index (χ2v) is 6.20. The standard InChI is InChI=1S/C23H19N3O4/c27-23(25-24-16-4-5-18-8-12-21(13-9-18)26(28)29)17-30-22-14-10-20(11-15-22)19-6-2-1-3-7-19/h1-16H,17H2,(H,25,27).